The lowest BCUT2D eigenvalue weighted by Crippen LogP contribution is -1.97. The predicted molar refractivity (Wildman–Crippen MR) is 26.6 cm³/mol. The molecule has 0 amide bonds. The fourth-order valence-corrected chi connectivity index (χ4v) is 0.262. The molecule has 41 valence electrons. The van der Waals surface area contributed by atoms with E-state index >= 15 is 0 Å². The summed E-state index contributed by atoms with van der Waals surface area (Å²) < 4.78 is 4.74. The standard InChI is InChI=1S/C5H9O2/c1-3-7-5(2)4-6/h4H,3H2,1-2H3. The lowest BCUT2D eigenvalue weighted by molar-refractivity contribution is -0.110. The van der Waals surface area contributed by atoms with Crippen LogP contribution in [0.5, 0.6) is 0 Å². The summed E-state index contributed by atoms with van der Waals surface area (Å²) in [6.07, 6.45) is 1.14. The van der Waals surface area contributed by atoms with Crippen molar-refractivity contribution in [2.24, 2.45) is 0 Å². The van der Waals surface area contributed by atoms with Crippen molar-refractivity contribution in [2.75, 3.05) is 6.61 Å². The number of aldehydes is 1. The van der Waals surface area contributed by atoms with E-state index in [0.717, 1.165) is 0 Å². The lowest BCUT2D eigenvalue weighted by atomic mass is 10.5. The van der Waals surface area contributed by atoms with Crippen LogP contribution >= 0.6 is 0 Å². The Bertz CT molecular complexity index is 52.0. The molecule has 0 aliphatic heterocycles. The minimum atomic E-state index is 0.447. The highest BCUT2D eigenvalue weighted by Gasteiger charge is 1.94. The molecule has 0 aliphatic carbocycles. The Kier molecular flexibility index (Phi) is 3.61. The first-order valence-corrected chi connectivity index (χ1v) is 2.22. The molecular weight excluding hydrogens is 92.1 g/mol. The second-order valence-corrected chi connectivity index (χ2v) is 1.16. The number of rotatable bonds is 3. The van der Waals surface area contributed by atoms with Gasteiger partial charge in [-0.3, -0.25) is 0 Å². The van der Waals surface area contributed by atoms with Gasteiger partial charge in [-0.05, 0) is 13.8 Å². The smallest absolute Gasteiger partial charge is 0.155 e. The summed E-state index contributed by atoms with van der Waals surface area (Å²) in [5, 5.41) is 0. The maximum absolute atomic E-state index is 9.73. The van der Waals surface area contributed by atoms with Crippen molar-refractivity contribution in [3.05, 3.63) is 6.10 Å². The molecule has 0 bridgehead atoms. The molecule has 0 N–H and O–H groups in total. The number of carbonyl (C=O) groups excluding carboxylic acids is 1. The third-order valence-electron chi connectivity index (χ3n) is 0.538. The van der Waals surface area contributed by atoms with Gasteiger partial charge < -0.3 is 9.53 Å². The highest BCUT2D eigenvalue weighted by Crippen LogP contribution is 1.91. The molecule has 1 radical (unpaired) electrons. The van der Waals surface area contributed by atoms with E-state index in [9.17, 15) is 4.79 Å². The maximum atomic E-state index is 9.73. The molecule has 0 saturated heterocycles. The van der Waals surface area contributed by atoms with E-state index in [1.54, 1.807) is 6.92 Å². The highest BCUT2D eigenvalue weighted by atomic mass is 16.5. The van der Waals surface area contributed by atoms with Gasteiger partial charge in [0, 0.05) is 6.61 Å². The van der Waals surface area contributed by atoms with Gasteiger partial charge in [-0.15, -0.1) is 0 Å². The van der Waals surface area contributed by atoms with Crippen LogP contribution in [0.3, 0.4) is 0 Å². The molecule has 0 aromatic heterocycles. The third kappa shape index (κ3) is 3.46. The van der Waals surface area contributed by atoms with Gasteiger partial charge in [-0.1, -0.05) is 0 Å². The summed E-state index contributed by atoms with van der Waals surface area (Å²) in [6, 6.07) is 0. The summed E-state index contributed by atoms with van der Waals surface area (Å²) in [5.74, 6) is 0. The second-order valence-electron chi connectivity index (χ2n) is 1.16. The van der Waals surface area contributed by atoms with Crippen molar-refractivity contribution in [1.82, 2.24) is 0 Å². The number of ether oxygens (including phenoxy) is 1. The Morgan fingerprint density at radius 3 is 2.57 bits per heavy atom. The van der Waals surface area contributed by atoms with Crippen LogP contribution < -0.4 is 0 Å². The minimum Gasteiger partial charge on any atom is -0.365 e. The van der Waals surface area contributed by atoms with E-state index in [4.69, 9.17) is 4.74 Å². The van der Waals surface area contributed by atoms with Gasteiger partial charge >= 0.3 is 0 Å². The molecule has 0 aromatic rings. The van der Waals surface area contributed by atoms with Gasteiger partial charge in [-0.2, -0.15) is 0 Å². The Hall–Kier alpha value is -0.370. The molecule has 0 fully saturated rings. The molecule has 0 saturated carbocycles. The SMILES string of the molecule is CCO[C](C)C=O. The first kappa shape index (κ1) is 6.63. The molecule has 0 heterocycles. The van der Waals surface area contributed by atoms with E-state index in [1.807, 2.05) is 6.92 Å². The van der Waals surface area contributed by atoms with Crippen LogP contribution in [0.4, 0.5) is 0 Å². The van der Waals surface area contributed by atoms with E-state index in [1.165, 1.54) is 0 Å². The van der Waals surface area contributed by atoms with Gasteiger partial charge in [0.25, 0.3) is 0 Å². The quantitative estimate of drug-likeness (QED) is 0.491. The Morgan fingerprint density at radius 2 is 2.43 bits per heavy atom. The molecular formula is C5H9O2. The Balaban J connectivity index is 2.98. The fraction of sp³-hybridized carbons (Fsp3) is 0.600. The summed E-state index contributed by atoms with van der Waals surface area (Å²) in [4.78, 5) is 9.73. The average Bonchev–Trinajstić information content (AvgIpc) is 1.68. The van der Waals surface area contributed by atoms with Crippen molar-refractivity contribution in [3.63, 3.8) is 0 Å². The molecule has 0 aromatic carbocycles. The Labute approximate surface area is 43.5 Å². The van der Waals surface area contributed by atoms with E-state index in [-0.39, 0.29) is 0 Å². The zero-order valence-corrected chi connectivity index (χ0v) is 4.60. The molecule has 0 rings (SSSR count). The van der Waals surface area contributed by atoms with Crippen LogP contribution in [0.15, 0.2) is 0 Å². The van der Waals surface area contributed by atoms with Crippen molar-refractivity contribution >= 4 is 6.29 Å². The Morgan fingerprint density at radius 1 is 1.86 bits per heavy atom. The van der Waals surface area contributed by atoms with Gasteiger partial charge in [0.15, 0.2) is 12.4 Å². The lowest BCUT2D eigenvalue weighted by Gasteiger charge is -1.97. The first-order valence-electron chi connectivity index (χ1n) is 2.22. The molecule has 0 atom stereocenters. The van der Waals surface area contributed by atoms with Crippen molar-refractivity contribution in [3.8, 4) is 0 Å². The molecule has 2 nitrogen and oxygen atoms in total. The molecule has 0 spiro atoms. The minimum absolute atomic E-state index is 0.447. The fourth-order valence-electron chi connectivity index (χ4n) is 0.262. The maximum Gasteiger partial charge on any atom is 0.155 e. The van der Waals surface area contributed by atoms with Gasteiger partial charge in [0.05, 0.1) is 0 Å². The van der Waals surface area contributed by atoms with Crippen LogP contribution in [0.2, 0.25) is 0 Å². The number of hydrogen-bond donors (Lipinski definition) is 0. The highest BCUT2D eigenvalue weighted by molar-refractivity contribution is 5.64. The van der Waals surface area contributed by atoms with Gasteiger partial charge in [-0.25, -0.2) is 0 Å². The summed E-state index contributed by atoms with van der Waals surface area (Å²) in [7, 11) is 0. The van der Waals surface area contributed by atoms with Gasteiger partial charge in [0.2, 0.25) is 0 Å². The zero-order valence-electron chi connectivity index (χ0n) is 4.60. The van der Waals surface area contributed by atoms with Crippen molar-refractivity contribution in [1.29, 1.82) is 0 Å². The molecule has 0 unspecified atom stereocenters. The van der Waals surface area contributed by atoms with E-state index < -0.39 is 0 Å². The van der Waals surface area contributed by atoms with Crippen molar-refractivity contribution < 1.29 is 9.53 Å². The summed E-state index contributed by atoms with van der Waals surface area (Å²) >= 11 is 0. The summed E-state index contributed by atoms with van der Waals surface area (Å²) in [5.41, 5.74) is 0. The molecule has 2 heteroatoms. The van der Waals surface area contributed by atoms with E-state index in [0.29, 0.717) is 19.0 Å². The topological polar surface area (TPSA) is 26.3 Å². The largest absolute Gasteiger partial charge is 0.365 e. The zero-order chi connectivity index (χ0) is 5.70. The van der Waals surface area contributed by atoms with Crippen LogP contribution in [-0.4, -0.2) is 12.9 Å². The molecule has 7 heavy (non-hydrogen) atoms. The van der Waals surface area contributed by atoms with Crippen LogP contribution in [-0.2, 0) is 9.53 Å². The number of carbonyl (C=O) groups is 1. The van der Waals surface area contributed by atoms with Crippen LogP contribution in [0.25, 0.3) is 0 Å². The van der Waals surface area contributed by atoms with E-state index in [2.05, 4.69) is 0 Å². The monoisotopic (exact) mass is 101 g/mol. The predicted octanol–water partition coefficient (Wildman–Crippen LogP) is 0.774. The van der Waals surface area contributed by atoms with Crippen LogP contribution in [0, 0.1) is 6.10 Å². The average molecular weight is 101 g/mol. The summed E-state index contributed by atoms with van der Waals surface area (Å²) in [6.45, 7) is 4.05. The first-order chi connectivity index (χ1) is 3.31. The molecule has 0 aliphatic rings. The van der Waals surface area contributed by atoms with Crippen LogP contribution in [0.1, 0.15) is 13.8 Å². The number of hydrogen-bond acceptors (Lipinski definition) is 2. The normalized spacial score (nSPS) is 9.57. The van der Waals surface area contributed by atoms with Crippen molar-refractivity contribution in [2.45, 2.75) is 13.8 Å². The third-order valence-corrected chi connectivity index (χ3v) is 0.538. The second kappa shape index (κ2) is 3.81. The van der Waals surface area contributed by atoms with Gasteiger partial charge in [0.1, 0.15) is 0 Å².